The van der Waals surface area contributed by atoms with Gasteiger partial charge in [0.25, 0.3) is 11.5 Å². The Hall–Kier alpha value is -3.99. The number of carbonyl (C=O) groups excluding carboxylic acids is 1. The molecule has 1 fully saturated rings. The third-order valence-corrected chi connectivity index (χ3v) is 5.69. The van der Waals surface area contributed by atoms with E-state index in [1.807, 2.05) is 6.07 Å². The van der Waals surface area contributed by atoms with E-state index in [4.69, 9.17) is 4.74 Å². The van der Waals surface area contributed by atoms with E-state index >= 15 is 0 Å². The Morgan fingerprint density at radius 2 is 2.00 bits per heavy atom. The van der Waals surface area contributed by atoms with Crippen LogP contribution in [0.15, 0.2) is 53.0 Å². The summed E-state index contributed by atoms with van der Waals surface area (Å²) in [6.07, 6.45) is 7.58. The maximum Gasteiger partial charge on any atom is 0.269 e. The lowest BCUT2D eigenvalue weighted by Crippen LogP contribution is -2.36. The molecular weight excluding hydrogens is 423 g/mol. The Labute approximate surface area is 190 Å². The summed E-state index contributed by atoms with van der Waals surface area (Å²) in [6, 6.07) is 11.1. The number of carbonyl (C=O) groups is 1. The maximum atomic E-state index is 14.3. The monoisotopic (exact) mass is 446 g/mol. The molecule has 168 valence electrons. The molecule has 4 rings (SSSR count). The number of nitrogens with zero attached hydrogens (tertiary/aromatic N) is 3. The first-order chi connectivity index (χ1) is 16.0. The first-order valence-corrected chi connectivity index (χ1v) is 10.8. The van der Waals surface area contributed by atoms with Gasteiger partial charge in [0, 0.05) is 12.2 Å². The van der Waals surface area contributed by atoms with Gasteiger partial charge in [-0.05, 0) is 49.6 Å². The van der Waals surface area contributed by atoms with E-state index in [1.165, 1.54) is 34.9 Å². The molecule has 7 nitrogen and oxygen atoms in total. The van der Waals surface area contributed by atoms with Crippen LogP contribution in [0.3, 0.4) is 0 Å². The van der Waals surface area contributed by atoms with Crippen molar-refractivity contribution in [1.82, 2.24) is 14.7 Å². The molecule has 0 radical (unpaired) electrons. The van der Waals surface area contributed by atoms with Gasteiger partial charge in [-0.15, -0.1) is 0 Å². The van der Waals surface area contributed by atoms with Crippen LogP contribution in [0.5, 0.6) is 11.6 Å². The van der Waals surface area contributed by atoms with Gasteiger partial charge in [-0.1, -0.05) is 37.5 Å². The van der Waals surface area contributed by atoms with Gasteiger partial charge in [0.15, 0.2) is 11.6 Å². The molecule has 0 bridgehead atoms. The normalized spacial score (nSPS) is 14.6. The van der Waals surface area contributed by atoms with E-state index in [9.17, 15) is 19.2 Å². The van der Waals surface area contributed by atoms with Crippen LogP contribution in [0, 0.1) is 24.1 Å². The quantitative estimate of drug-likeness (QED) is 0.466. The molecule has 0 saturated heterocycles. The van der Waals surface area contributed by atoms with Crippen molar-refractivity contribution in [2.75, 3.05) is 0 Å². The molecule has 3 aromatic rings. The molecule has 0 spiro atoms. The van der Waals surface area contributed by atoms with E-state index in [0.717, 1.165) is 32.1 Å². The van der Waals surface area contributed by atoms with Crippen LogP contribution < -0.4 is 15.6 Å². The molecule has 2 heterocycles. The maximum absolute atomic E-state index is 14.3. The minimum atomic E-state index is -0.630. The molecule has 1 N–H and O–H groups in total. The Morgan fingerprint density at radius 1 is 1.24 bits per heavy atom. The lowest BCUT2D eigenvalue weighted by atomic mass is 9.95. The number of hydrogen-bond donors (Lipinski definition) is 1. The van der Waals surface area contributed by atoms with Crippen LogP contribution in [0.1, 0.15) is 43.2 Å². The number of ether oxygens (including phenoxy) is 1. The van der Waals surface area contributed by atoms with Crippen molar-refractivity contribution in [2.24, 2.45) is 0 Å². The number of pyridine rings is 1. The summed E-state index contributed by atoms with van der Waals surface area (Å²) in [7, 11) is 0. The molecule has 1 aromatic carbocycles. The number of hydrogen-bond acceptors (Lipinski definition) is 5. The molecule has 2 aromatic heterocycles. The van der Waals surface area contributed by atoms with Crippen LogP contribution in [-0.4, -0.2) is 21.3 Å². The average Bonchev–Trinajstić information content (AvgIpc) is 2.82. The molecule has 8 heteroatoms. The first kappa shape index (κ1) is 22.2. The lowest BCUT2D eigenvalue weighted by Gasteiger charge is -2.22. The Bertz CT molecular complexity index is 1330. The van der Waals surface area contributed by atoms with Gasteiger partial charge in [-0.2, -0.15) is 10.2 Å². The van der Waals surface area contributed by atoms with Crippen molar-refractivity contribution in [3.63, 3.8) is 0 Å². The van der Waals surface area contributed by atoms with Crippen LogP contribution in [0.4, 0.5) is 4.39 Å². The van der Waals surface area contributed by atoms with E-state index in [0.29, 0.717) is 11.2 Å². The van der Waals surface area contributed by atoms with Crippen molar-refractivity contribution in [1.29, 1.82) is 5.26 Å². The fraction of sp³-hybridized carbons (Fsp3) is 0.280. The van der Waals surface area contributed by atoms with Gasteiger partial charge in [0.2, 0.25) is 5.88 Å². The summed E-state index contributed by atoms with van der Waals surface area (Å²) >= 11 is 0. The predicted octanol–water partition coefficient (Wildman–Crippen LogP) is 4.29. The van der Waals surface area contributed by atoms with Crippen molar-refractivity contribution in [3.8, 4) is 17.7 Å². The highest BCUT2D eigenvalue weighted by Gasteiger charge is 2.21. The lowest BCUT2D eigenvalue weighted by molar-refractivity contribution is -0.117. The number of rotatable bonds is 5. The summed E-state index contributed by atoms with van der Waals surface area (Å²) in [5.41, 5.74) is 0.144. The second-order valence-electron chi connectivity index (χ2n) is 8.03. The molecule has 1 saturated carbocycles. The minimum Gasteiger partial charge on any atom is -0.435 e. The van der Waals surface area contributed by atoms with E-state index < -0.39 is 17.3 Å². The Balaban J connectivity index is 1.81. The standard InChI is InChI=1S/C25H23FN4O3/c1-16-8-7-13-30-22(16)29-24(33-21-12-6-5-11-20(21)26)19(25(30)32)14-17(15-27)23(31)28-18-9-3-2-4-10-18/h5-8,11-14,18H,2-4,9-10H2,1H3,(H,28,31). The summed E-state index contributed by atoms with van der Waals surface area (Å²) in [4.78, 5) is 30.5. The van der Waals surface area contributed by atoms with E-state index in [1.54, 1.807) is 25.1 Å². The predicted molar refractivity (Wildman–Crippen MR) is 121 cm³/mol. The zero-order chi connectivity index (χ0) is 23.4. The largest absolute Gasteiger partial charge is 0.435 e. The molecule has 0 atom stereocenters. The molecular formula is C25H23FN4O3. The number of amides is 1. The molecule has 33 heavy (non-hydrogen) atoms. The fourth-order valence-corrected chi connectivity index (χ4v) is 3.93. The third-order valence-electron chi connectivity index (χ3n) is 5.69. The third kappa shape index (κ3) is 4.77. The van der Waals surface area contributed by atoms with E-state index in [2.05, 4.69) is 10.3 Å². The molecule has 1 aliphatic rings. The summed E-state index contributed by atoms with van der Waals surface area (Å²) < 4.78 is 21.2. The zero-order valence-corrected chi connectivity index (χ0v) is 18.2. The SMILES string of the molecule is Cc1cccn2c(=O)c(C=C(C#N)C(=O)NC3CCCCC3)c(Oc3ccccc3F)nc12. The summed E-state index contributed by atoms with van der Waals surface area (Å²) in [5.74, 6) is -1.50. The Morgan fingerprint density at radius 3 is 2.73 bits per heavy atom. The number of para-hydroxylation sites is 1. The smallest absolute Gasteiger partial charge is 0.269 e. The topological polar surface area (TPSA) is 96.5 Å². The van der Waals surface area contributed by atoms with E-state index in [-0.39, 0.29) is 28.8 Å². The van der Waals surface area contributed by atoms with Crippen molar-refractivity contribution >= 4 is 17.6 Å². The van der Waals surface area contributed by atoms with Gasteiger partial charge in [0.1, 0.15) is 22.9 Å². The van der Waals surface area contributed by atoms with Gasteiger partial charge in [-0.25, -0.2) is 4.39 Å². The van der Waals surface area contributed by atoms with Gasteiger partial charge < -0.3 is 10.1 Å². The zero-order valence-electron chi connectivity index (χ0n) is 18.2. The minimum absolute atomic E-state index is 0.00406. The molecule has 1 amide bonds. The van der Waals surface area contributed by atoms with Crippen molar-refractivity contribution < 1.29 is 13.9 Å². The number of aromatic nitrogens is 2. The highest BCUT2D eigenvalue weighted by atomic mass is 19.1. The first-order valence-electron chi connectivity index (χ1n) is 10.8. The number of nitriles is 1. The van der Waals surface area contributed by atoms with Gasteiger partial charge >= 0.3 is 0 Å². The van der Waals surface area contributed by atoms with Crippen LogP contribution in [0.2, 0.25) is 0 Å². The highest BCUT2D eigenvalue weighted by Crippen LogP contribution is 2.27. The van der Waals surface area contributed by atoms with Crippen LogP contribution in [-0.2, 0) is 4.79 Å². The van der Waals surface area contributed by atoms with Gasteiger partial charge in [0.05, 0.1) is 0 Å². The molecule has 0 aliphatic heterocycles. The average molecular weight is 446 g/mol. The molecule has 0 unspecified atom stereocenters. The van der Waals surface area contributed by atoms with Crippen molar-refractivity contribution in [2.45, 2.75) is 45.1 Å². The highest BCUT2D eigenvalue weighted by molar-refractivity contribution is 6.02. The van der Waals surface area contributed by atoms with Crippen LogP contribution in [0.25, 0.3) is 11.7 Å². The van der Waals surface area contributed by atoms with Crippen molar-refractivity contribution in [3.05, 3.63) is 75.5 Å². The summed E-state index contributed by atoms with van der Waals surface area (Å²) in [6.45, 7) is 1.78. The second-order valence-corrected chi connectivity index (χ2v) is 8.03. The van der Waals surface area contributed by atoms with Gasteiger partial charge in [-0.3, -0.25) is 14.0 Å². The number of fused-ring (bicyclic) bond motifs is 1. The molecule has 1 aliphatic carbocycles. The number of nitrogens with one attached hydrogen (secondary N) is 1. The second kappa shape index (κ2) is 9.65. The number of benzene rings is 1. The van der Waals surface area contributed by atoms with Crippen LogP contribution >= 0.6 is 0 Å². The summed E-state index contributed by atoms with van der Waals surface area (Å²) in [5, 5.41) is 12.5. The Kier molecular flexibility index (Phi) is 6.50. The fourth-order valence-electron chi connectivity index (χ4n) is 3.93. The number of halogens is 1. The number of aryl methyl sites for hydroxylation is 1.